The normalized spacial score (nSPS) is 28.8. The lowest BCUT2D eigenvalue weighted by atomic mass is 9.81. The van der Waals surface area contributed by atoms with Gasteiger partial charge in [0, 0.05) is 6.54 Å². The summed E-state index contributed by atoms with van der Waals surface area (Å²) in [5.74, 6) is 1.43. The van der Waals surface area contributed by atoms with E-state index in [2.05, 4.69) is 26.1 Å². The molecule has 1 saturated heterocycles. The fourth-order valence-electron chi connectivity index (χ4n) is 2.39. The topological polar surface area (TPSA) is 46.2 Å². The first kappa shape index (κ1) is 14.0. The highest BCUT2D eigenvalue weighted by Gasteiger charge is 2.41. The predicted molar refractivity (Wildman–Crippen MR) is 68.3 cm³/mol. The van der Waals surface area contributed by atoms with E-state index in [1.807, 2.05) is 0 Å². The molecule has 0 radical (unpaired) electrons. The first-order chi connectivity index (χ1) is 7.39. The molecule has 1 fully saturated rings. The zero-order valence-electron chi connectivity index (χ0n) is 10.8. The summed E-state index contributed by atoms with van der Waals surface area (Å²) in [7, 11) is -2.77. The standard InChI is InChI=1S/C12H25NO2S/c1-4-13-9-12(6-5-11(2)3)7-8-16(14,15)10-12/h11,13H,4-10H2,1-3H3. The molecule has 0 aromatic heterocycles. The predicted octanol–water partition coefficient (Wildman–Crippen LogP) is 1.84. The molecule has 16 heavy (non-hydrogen) atoms. The Hall–Kier alpha value is -0.0900. The minimum absolute atomic E-state index is 0.0130. The maximum Gasteiger partial charge on any atom is 0.150 e. The van der Waals surface area contributed by atoms with Gasteiger partial charge in [-0.05, 0) is 30.7 Å². The Morgan fingerprint density at radius 1 is 1.38 bits per heavy atom. The Kier molecular flexibility index (Phi) is 4.80. The van der Waals surface area contributed by atoms with Gasteiger partial charge in [0.2, 0.25) is 0 Å². The number of rotatable bonds is 6. The van der Waals surface area contributed by atoms with Crippen LogP contribution in [-0.2, 0) is 9.84 Å². The summed E-state index contributed by atoms with van der Waals surface area (Å²) in [5, 5.41) is 3.33. The quantitative estimate of drug-likeness (QED) is 0.779. The molecule has 0 spiro atoms. The van der Waals surface area contributed by atoms with Gasteiger partial charge in [0.05, 0.1) is 11.5 Å². The fourth-order valence-corrected chi connectivity index (χ4v) is 4.60. The Morgan fingerprint density at radius 3 is 2.50 bits per heavy atom. The van der Waals surface area contributed by atoms with Crippen LogP contribution in [0.15, 0.2) is 0 Å². The monoisotopic (exact) mass is 247 g/mol. The van der Waals surface area contributed by atoms with Crippen molar-refractivity contribution in [3.8, 4) is 0 Å². The maximum atomic E-state index is 11.6. The van der Waals surface area contributed by atoms with E-state index in [0.717, 1.165) is 32.4 Å². The summed E-state index contributed by atoms with van der Waals surface area (Å²) in [5.41, 5.74) is 0.0130. The van der Waals surface area contributed by atoms with Crippen LogP contribution >= 0.6 is 0 Å². The van der Waals surface area contributed by atoms with Gasteiger partial charge in [0.1, 0.15) is 0 Å². The van der Waals surface area contributed by atoms with Crippen LogP contribution in [-0.4, -0.2) is 33.0 Å². The highest BCUT2D eigenvalue weighted by Crippen LogP contribution is 2.37. The average Bonchev–Trinajstić information content (AvgIpc) is 2.50. The van der Waals surface area contributed by atoms with Crippen molar-refractivity contribution in [3.05, 3.63) is 0 Å². The molecular weight excluding hydrogens is 222 g/mol. The molecular formula is C12H25NO2S. The van der Waals surface area contributed by atoms with Gasteiger partial charge in [-0.25, -0.2) is 8.42 Å². The van der Waals surface area contributed by atoms with Crippen molar-refractivity contribution in [1.29, 1.82) is 0 Å². The second-order valence-electron chi connectivity index (χ2n) is 5.55. The van der Waals surface area contributed by atoms with E-state index in [-0.39, 0.29) is 5.41 Å². The molecule has 0 bridgehead atoms. The third kappa shape index (κ3) is 4.06. The summed E-state index contributed by atoms with van der Waals surface area (Å²) in [6.45, 7) is 8.24. The van der Waals surface area contributed by atoms with Crippen LogP contribution in [0, 0.1) is 11.3 Å². The van der Waals surface area contributed by atoms with Gasteiger partial charge in [-0.2, -0.15) is 0 Å². The third-order valence-corrected chi connectivity index (χ3v) is 5.35. The van der Waals surface area contributed by atoms with E-state index in [0.29, 0.717) is 17.4 Å². The molecule has 96 valence electrons. The van der Waals surface area contributed by atoms with Crippen LogP contribution in [0.5, 0.6) is 0 Å². The molecule has 1 unspecified atom stereocenters. The molecule has 0 aromatic carbocycles. The van der Waals surface area contributed by atoms with Crippen molar-refractivity contribution in [2.45, 2.75) is 40.0 Å². The van der Waals surface area contributed by atoms with Gasteiger partial charge in [0.15, 0.2) is 9.84 Å². The molecule has 4 heteroatoms. The van der Waals surface area contributed by atoms with E-state index in [1.165, 1.54) is 0 Å². The molecule has 1 aliphatic heterocycles. The van der Waals surface area contributed by atoms with Crippen LogP contribution in [0.3, 0.4) is 0 Å². The molecule has 1 atom stereocenters. The zero-order valence-corrected chi connectivity index (χ0v) is 11.6. The Labute approximate surface area is 99.9 Å². The van der Waals surface area contributed by atoms with Crippen LogP contribution in [0.25, 0.3) is 0 Å². The summed E-state index contributed by atoms with van der Waals surface area (Å²) in [4.78, 5) is 0. The molecule has 0 amide bonds. The average molecular weight is 247 g/mol. The second kappa shape index (κ2) is 5.50. The Balaban J connectivity index is 2.63. The molecule has 0 aliphatic carbocycles. The number of hydrogen-bond acceptors (Lipinski definition) is 3. The third-order valence-electron chi connectivity index (χ3n) is 3.47. The first-order valence-electron chi connectivity index (χ1n) is 6.30. The Morgan fingerprint density at radius 2 is 2.06 bits per heavy atom. The van der Waals surface area contributed by atoms with Crippen LogP contribution < -0.4 is 5.32 Å². The molecule has 0 saturated carbocycles. The minimum atomic E-state index is -2.77. The van der Waals surface area contributed by atoms with Crippen LogP contribution in [0.2, 0.25) is 0 Å². The van der Waals surface area contributed by atoms with Gasteiger partial charge in [-0.15, -0.1) is 0 Å². The van der Waals surface area contributed by atoms with Gasteiger partial charge >= 0.3 is 0 Å². The van der Waals surface area contributed by atoms with Gasteiger partial charge < -0.3 is 5.32 Å². The van der Waals surface area contributed by atoms with Crippen LogP contribution in [0.1, 0.15) is 40.0 Å². The van der Waals surface area contributed by atoms with Crippen LogP contribution in [0.4, 0.5) is 0 Å². The van der Waals surface area contributed by atoms with Crippen molar-refractivity contribution in [2.75, 3.05) is 24.6 Å². The number of nitrogens with one attached hydrogen (secondary N) is 1. The molecule has 1 aliphatic rings. The van der Waals surface area contributed by atoms with E-state index in [4.69, 9.17) is 0 Å². The first-order valence-corrected chi connectivity index (χ1v) is 8.12. The summed E-state index contributed by atoms with van der Waals surface area (Å²) < 4.78 is 23.3. The highest BCUT2D eigenvalue weighted by molar-refractivity contribution is 7.91. The molecule has 1 rings (SSSR count). The number of hydrogen-bond donors (Lipinski definition) is 1. The maximum absolute atomic E-state index is 11.6. The lowest BCUT2D eigenvalue weighted by Crippen LogP contribution is -2.35. The summed E-state index contributed by atoms with van der Waals surface area (Å²) in [6, 6.07) is 0. The lowest BCUT2D eigenvalue weighted by molar-refractivity contribution is 0.269. The van der Waals surface area contributed by atoms with Gasteiger partial charge in [-0.1, -0.05) is 27.2 Å². The van der Waals surface area contributed by atoms with Crippen molar-refractivity contribution in [3.63, 3.8) is 0 Å². The smallest absolute Gasteiger partial charge is 0.150 e. The summed E-state index contributed by atoms with van der Waals surface area (Å²) in [6.07, 6.45) is 3.01. The lowest BCUT2D eigenvalue weighted by Gasteiger charge is -2.28. The molecule has 3 nitrogen and oxygen atoms in total. The molecule has 1 N–H and O–H groups in total. The van der Waals surface area contributed by atoms with Gasteiger partial charge in [0.25, 0.3) is 0 Å². The van der Waals surface area contributed by atoms with Crippen molar-refractivity contribution in [2.24, 2.45) is 11.3 Å². The Bertz CT molecular complexity index is 311. The molecule has 0 aromatic rings. The van der Waals surface area contributed by atoms with Crippen molar-refractivity contribution in [1.82, 2.24) is 5.32 Å². The van der Waals surface area contributed by atoms with Crippen molar-refractivity contribution < 1.29 is 8.42 Å². The number of sulfone groups is 1. The largest absolute Gasteiger partial charge is 0.316 e. The SMILES string of the molecule is CCNCC1(CCC(C)C)CCS(=O)(=O)C1. The van der Waals surface area contributed by atoms with E-state index in [1.54, 1.807) is 0 Å². The van der Waals surface area contributed by atoms with E-state index >= 15 is 0 Å². The minimum Gasteiger partial charge on any atom is -0.316 e. The summed E-state index contributed by atoms with van der Waals surface area (Å²) >= 11 is 0. The molecule has 1 heterocycles. The van der Waals surface area contributed by atoms with Gasteiger partial charge in [-0.3, -0.25) is 0 Å². The van der Waals surface area contributed by atoms with E-state index in [9.17, 15) is 8.42 Å². The van der Waals surface area contributed by atoms with Crippen molar-refractivity contribution >= 4 is 9.84 Å². The zero-order chi connectivity index (χ0) is 12.2. The van der Waals surface area contributed by atoms with E-state index < -0.39 is 9.84 Å². The highest BCUT2D eigenvalue weighted by atomic mass is 32.2. The second-order valence-corrected chi connectivity index (χ2v) is 7.74. The fraction of sp³-hybridized carbons (Fsp3) is 1.00.